The molecule has 0 unspecified atom stereocenters. The SMILES string of the molecule is CC.[CH2-]CCc1ccc2cccc(C[CH2-])c2n1.[CH3-].[RuH+3].[Y]. The molecule has 0 amide bonds. The van der Waals surface area contributed by atoms with Crippen molar-refractivity contribution < 1.29 is 52.2 Å². The van der Waals surface area contributed by atoms with Gasteiger partial charge in [-0.3, -0.25) is 4.98 Å². The Hall–Kier alpha value is 0.357. The van der Waals surface area contributed by atoms with Gasteiger partial charge in [-0.1, -0.05) is 43.7 Å². The predicted octanol–water partition coefficient (Wildman–Crippen LogP) is 4.58. The Morgan fingerprint density at radius 3 is 2.25 bits per heavy atom. The maximum atomic E-state index is 4.66. The van der Waals surface area contributed by atoms with Crippen molar-refractivity contribution in [3.05, 3.63) is 62.9 Å². The van der Waals surface area contributed by atoms with E-state index in [0.29, 0.717) is 0 Å². The van der Waals surface area contributed by atoms with Crippen molar-refractivity contribution in [3.8, 4) is 0 Å². The molecular weight excluding hydrogens is 408 g/mol. The van der Waals surface area contributed by atoms with Gasteiger partial charge in [0, 0.05) is 43.8 Å². The molecule has 0 saturated carbocycles. The fourth-order valence-electron chi connectivity index (χ4n) is 1.77. The van der Waals surface area contributed by atoms with E-state index >= 15 is 0 Å². The molecule has 2 aromatic rings. The number of fused-ring (bicyclic) bond motifs is 1. The minimum atomic E-state index is 0. The van der Waals surface area contributed by atoms with Crippen molar-refractivity contribution in [2.75, 3.05) is 0 Å². The zero-order chi connectivity index (χ0) is 12.7. The zero-order valence-corrected chi connectivity index (χ0v) is 17.5. The molecule has 0 aliphatic carbocycles. The summed E-state index contributed by atoms with van der Waals surface area (Å²) >= 11 is 0. The molecule has 0 N–H and O–H groups in total. The van der Waals surface area contributed by atoms with Gasteiger partial charge in [-0.2, -0.15) is 12.8 Å². The Labute approximate surface area is 163 Å². The first kappa shape index (κ1) is 25.3. The smallest absolute Gasteiger partial charge is 0 e. The number of hydrogen-bond acceptors (Lipinski definition) is 1. The Balaban J connectivity index is -0.000000553. The van der Waals surface area contributed by atoms with Crippen molar-refractivity contribution in [1.82, 2.24) is 4.98 Å². The summed E-state index contributed by atoms with van der Waals surface area (Å²) in [6.45, 7) is 11.8. The first-order chi connectivity index (χ1) is 8.35. The molecule has 109 valence electrons. The number of aromatic nitrogens is 1. The van der Waals surface area contributed by atoms with Crippen LogP contribution in [0, 0.1) is 21.3 Å². The number of nitrogens with zero attached hydrogens (tertiary/aromatic N) is 1. The minimum Gasteiger partial charge on any atom is 0 e. The molecule has 0 bridgehead atoms. The van der Waals surface area contributed by atoms with Crippen LogP contribution in [0.15, 0.2) is 30.3 Å². The van der Waals surface area contributed by atoms with Crippen molar-refractivity contribution in [1.29, 1.82) is 0 Å². The number of rotatable bonds is 3. The summed E-state index contributed by atoms with van der Waals surface area (Å²) in [5, 5.41) is 1.20. The monoisotopic (exact) mass is 434 g/mol. The molecule has 0 spiro atoms. The molecule has 0 aliphatic heterocycles. The van der Waals surface area contributed by atoms with Crippen LogP contribution in [-0.2, 0) is 65.0 Å². The molecule has 1 heterocycles. The second kappa shape index (κ2) is 14.3. The van der Waals surface area contributed by atoms with Gasteiger partial charge in [-0.25, -0.2) is 0 Å². The van der Waals surface area contributed by atoms with Crippen LogP contribution in [0.5, 0.6) is 0 Å². The van der Waals surface area contributed by atoms with E-state index in [1.165, 1.54) is 10.9 Å². The summed E-state index contributed by atoms with van der Waals surface area (Å²) in [6.07, 6.45) is 2.63. The van der Waals surface area contributed by atoms with Crippen LogP contribution < -0.4 is 0 Å². The van der Waals surface area contributed by atoms with E-state index in [1.807, 2.05) is 13.8 Å². The molecule has 20 heavy (non-hydrogen) atoms. The Kier molecular flexibility index (Phi) is 18.1. The standard InChI is InChI=1S/C14H15N.C2H6.CH3.Ru.Y.H/c1-3-6-13-10-9-12-8-5-7-11(4-2)14(12)15-13;1-2;;;;/h5,7-10H,1-4,6H2;1-2H3;1H3;;;/q-2;;-1;+3;;. The maximum absolute atomic E-state index is 4.66. The number of para-hydroxylation sites is 1. The van der Waals surface area contributed by atoms with Crippen molar-refractivity contribution >= 4 is 10.9 Å². The van der Waals surface area contributed by atoms with Gasteiger partial charge in [-0.15, -0.1) is 0 Å². The average Bonchev–Trinajstić information content (AvgIpc) is 2.40. The van der Waals surface area contributed by atoms with Gasteiger partial charge < -0.3 is 21.3 Å². The number of benzene rings is 1. The second-order valence-corrected chi connectivity index (χ2v) is 3.64. The van der Waals surface area contributed by atoms with E-state index in [9.17, 15) is 0 Å². The minimum absolute atomic E-state index is 0. The van der Waals surface area contributed by atoms with Crippen LogP contribution in [-0.4, -0.2) is 4.98 Å². The van der Waals surface area contributed by atoms with Crippen LogP contribution in [0.2, 0.25) is 0 Å². The Morgan fingerprint density at radius 2 is 1.70 bits per heavy atom. The zero-order valence-electron chi connectivity index (χ0n) is 12.8. The molecule has 3 heteroatoms. The quantitative estimate of drug-likeness (QED) is 0.510. The molecule has 0 fully saturated rings. The van der Waals surface area contributed by atoms with Crippen LogP contribution in [0.3, 0.4) is 0 Å². The largest absolute Gasteiger partial charge is 0 e. The summed E-state index contributed by atoms with van der Waals surface area (Å²) < 4.78 is 0. The first-order valence-corrected chi connectivity index (χ1v) is 6.31. The third-order valence-corrected chi connectivity index (χ3v) is 2.56. The Bertz CT molecular complexity index is 471. The molecule has 1 nitrogen and oxygen atoms in total. The van der Waals surface area contributed by atoms with Crippen LogP contribution in [0.25, 0.3) is 10.9 Å². The molecule has 0 saturated heterocycles. The van der Waals surface area contributed by atoms with Crippen LogP contribution >= 0.6 is 0 Å². The molecule has 0 aliphatic rings. The van der Waals surface area contributed by atoms with Gasteiger partial charge in [-0.05, 0) is 12.5 Å². The normalized spacial score (nSPS) is 8.40. The molecule has 0 atom stereocenters. The maximum Gasteiger partial charge on any atom is 0 e. The van der Waals surface area contributed by atoms with E-state index in [0.717, 1.165) is 30.5 Å². The van der Waals surface area contributed by atoms with Crippen LogP contribution in [0.1, 0.15) is 31.5 Å². The van der Waals surface area contributed by atoms with Gasteiger partial charge in [0.05, 0.1) is 5.52 Å². The van der Waals surface area contributed by atoms with Crippen molar-refractivity contribution in [2.24, 2.45) is 0 Å². The second-order valence-electron chi connectivity index (χ2n) is 3.64. The molecule has 2 radical (unpaired) electrons. The van der Waals surface area contributed by atoms with E-state index in [1.54, 1.807) is 0 Å². The fourth-order valence-corrected chi connectivity index (χ4v) is 1.77. The number of pyridine rings is 1. The average molecular weight is 433 g/mol. The molecular formula is C17H25NRuY. The Morgan fingerprint density at radius 1 is 1.05 bits per heavy atom. The predicted molar refractivity (Wildman–Crippen MR) is 83.6 cm³/mol. The van der Waals surface area contributed by atoms with Gasteiger partial charge in [0.15, 0.2) is 0 Å². The van der Waals surface area contributed by atoms with E-state index in [2.05, 4.69) is 49.2 Å². The summed E-state index contributed by atoms with van der Waals surface area (Å²) in [6, 6.07) is 10.5. The van der Waals surface area contributed by atoms with E-state index < -0.39 is 0 Å². The molecule has 1 aromatic carbocycles. The van der Waals surface area contributed by atoms with Crippen molar-refractivity contribution in [3.63, 3.8) is 0 Å². The summed E-state index contributed by atoms with van der Waals surface area (Å²) in [4.78, 5) is 4.66. The summed E-state index contributed by atoms with van der Waals surface area (Å²) in [5.41, 5.74) is 3.44. The third-order valence-electron chi connectivity index (χ3n) is 2.56. The van der Waals surface area contributed by atoms with Gasteiger partial charge in [0.2, 0.25) is 0 Å². The van der Waals surface area contributed by atoms with Gasteiger partial charge >= 0.3 is 19.5 Å². The topological polar surface area (TPSA) is 12.9 Å². The number of aryl methyl sites for hydroxylation is 1. The van der Waals surface area contributed by atoms with Gasteiger partial charge in [0.25, 0.3) is 0 Å². The summed E-state index contributed by atoms with van der Waals surface area (Å²) in [5.74, 6) is 0. The van der Waals surface area contributed by atoms with E-state index in [4.69, 9.17) is 0 Å². The van der Waals surface area contributed by atoms with Crippen molar-refractivity contribution in [2.45, 2.75) is 33.1 Å². The molecule has 2 rings (SSSR count). The first-order valence-electron chi connectivity index (χ1n) is 6.31. The van der Waals surface area contributed by atoms with Crippen LogP contribution in [0.4, 0.5) is 0 Å². The van der Waals surface area contributed by atoms with E-state index in [-0.39, 0.29) is 59.6 Å². The third kappa shape index (κ3) is 6.88. The number of hydrogen-bond donors (Lipinski definition) is 0. The summed E-state index contributed by atoms with van der Waals surface area (Å²) in [7, 11) is 0. The van der Waals surface area contributed by atoms with Gasteiger partial charge in [0.1, 0.15) is 0 Å². The molecule has 1 aromatic heterocycles. The fraction of sp³-hybridized carbons (Fsp3) is 0.294.